The van der Waals surface area contributed by atoms with Crippen LogP contribution in [0.2, 0.25) is 10.2 Å². The summed E-state index contributed by atoms with van der Waals surface area (Å²) in [6.07, 6.45) is 0. The Balaban J connectivity index is 2.35. The molecule has 1 heterocycles. The SMILES string of the molecule is CC(C)Nc1nc(N)nc(Cl)c1/N=N\c1ccc(Cl)cc1. The maximum Gasteiger partial charge on any atom is 0.223 e. The van der Waals surface area contributed by atoms with Crippen molar-refractivity contribution in [3.8, 4) is 0 Å². The van der Waals surface area contributed by atoms with Gasteiger partial charge in [0.2, 0.25) is 5.95 Å². The normalized spacial score (nSPS) is 11.3. The fourth-order valence-electron chi connectivity index (χ4n) is 1.52. The van der Waals surface area contributed by atoms with Crippen LogP contribution < -0.4 is 11.1 Å². The third-order valence-electron chi connectivity index (χ3n) is 2.38. The van der Waals surface area contributed by atoms with Gasteiger partial charge in [-0.15, -0.1) is 5.11 Å². The average Bonchev–Trinajstić information content (AvgIpc) is 2.39. The average molecular weight is 325 g/mol. The van der Waals surface area contributed by atoms with Gasteiger partial charge in [0.15, 0.2) is 16.7 Å². The standard InChI is InChI=1S/C13H14Cl2N6/c1-7(2)17-12-10(11(15)18-13(16)19-12)21-20-9-5-3-8(14)4-6-9/h3-7H,1-2H3,(H3,16,17,18,19)/b21-20-. The Kier molecular flexibility index (Phi) is 4.93. The third-order valence-corrected chi connectivity index (χ3v) is 2.89. The Bertz CT molecular complexity index is 654. The summed E-state index contributed by atoms with van der Waals surface area (Å²) >= 11 is 11.9. The summed E-state index contributed by atoms with van der Waals surface area (Å²) in [7, 11) is 0. The molecule has 110 valence electrons. The second-order valence-corrected chi connectivity index (χ2v) is 5.34. The Morgan fingerprint density at radius 3 is 2.38 bits per heavy atom. The van der Waals surface area contributed by atoms with E-state index in [0.717, 1.165) is 0 Å². The minimum atomic E-state index is 0.0774. The molecule has 0 aliphatic heterocycles. The highest BCUT2D eigenvalue weighted by atomic mass is 35.5. The molecule has 6 nitrogen and oxygen atoms in total. The number of benzene rings is 1. The molecular weight excluding hydrogens is 311 g/mol. The van der Waals surface area contributed by atoms with Crippen LogP contribution in [0.5, 0.6) is 0 Å². The number of hydrogen-bond donors (Lipinski definition) is 2. The Hall–Kier alpha value is -1.92. The van der Waals surface area contributed by atoms with Crippen LogP contribution in [-0.2, 0) is 0 Å². The quantitative estimate of drug-likeness (QED) is 0.635. The van der Waals surface area contributed by atoms with Gasteiger partial charge in [0.1, 0.15) is 0 Å². The van der Waals surface area contributed by atoms with Gasteiger partial charge in [-0.3, -0.25) is 0 Å². The minimum Gasteiger partial charge on any atom is -0.368 e. The number of hydrogen-bond acceptors (Lipinski definition) is 6. The number of rotatable bonds is 4. The molecule has 3 N–H and O–H groups in total. The summed E-state index contributed by atoms with van der Waals surface area (Å²) in [5.74, 6) is 0.522. The van der Waals surface area contributed by atoms with Crippen LogP contribution in [0.15, 0.2) is 34.5 Å². The molecule has 2 rings (SSSR count). The largest absolute Gasteiger partial charge is 0.368 e. The van der Waals surface area contributed by atoms with E-state index in [2.05, 4.69) is 25.5 Å². The number of azo groups is 1. The van der Waals surface area contributed by atoms with Crippen LogP contribution >= 0.6 is 23.2 Å². The van der Waals surface area contributed by atoms with Crippen molar-refractivity contribution < 1.29 is 0 Å². The van der Waals surface area contributed by atoms with Gasteiger partial charge in [0.25, 0.3) is 0 Å². The van der Waals surface area contributed by atoms with Crippen molar-refractivity contribution in [2.45, 2.75) is 19.9 Å². The van der Waals surface area contributed by atoms with Gasteiger partial charge < -0.3 is 11.1 Å². The summed E-state index contributed by atoms with van der Waals surface area (Å²) in [6, 6.07) is 7.08. The van der Waals surface area contributed by atoms with E-state index in [1.807, 2.05) is 13.8 Å². The van der Waals surface area contributed by atoms with Gasteiger partial charge in [-0.05, 0) is 38.1 Å². The molecule has 0 spiro atoms. The molecule has 0 saturated heterocycles. The zero-order chi connectivity index (χ0) is 15.4. The second kappa shape index (κ2) is 6.69. The summed E-state index contributed by atoms with van der Waals surface area (Å²) < 4.78 is 0. The van der Waals surface area contributed by atoms with Crippen molar-refractivity contribution in [1.29, 1.82) is 0 Å². The van der Waals surface area contributed by atoms with E-state index in [1.54, 1.807) is 24.3 Å². The molecular formula is C13H14Cl2N6. The van der Waals surface area contributed by atoms with Gasteiger partial charge in [-0.25, -0.2) is 0 Å². The van der Waals surface area contributed by atoms with Crippen LogP contribution in [0.3, 0.4) is 0 Å². The van der Waals surface area contributed by atoms with E-state index >= 15 is 0 Å². The number of nitrogens with one attached hydrogen (secondary N) is 1. The lowest BCUT2D eigenvalue weighted by Gasteiger charge is -2.11. The number of aromatic nitrogens is 2. The summed E-state index contributed by atoms with van der Waals surface area (Å²) in [4.78, 5) is 7.98. The monoisotopic (exact) mass is 324 g/mol. The molecule has 8 heteroatoms. The fourth-order valence-corrected chi connectivity index (χ4v) is 1.86. The predicted octanol–water partition coefficient (Wildman–Crippen LogP) is 4.60. The number of nitrogens with two attached hydrogens (primary N) is 1. The van der Waals surface area contributed by atoms with E-state index in [9.17, 15) is 0 Å². The molecule has 0 aliphatic rings. The lowest BCUT2D eigenvalue weighted by atomic mass is 10.3. The molecule has 1 aromatic heterocycles. The van der Waals surface area contributed by atoms with Gasteiger partial charge in [-0.1, -0.05) is 23.2 Å². The lowest BCUT2D eigenvalue weighted by molar-refractivity contribution is 0.886. The first-order chi connectivity index (χ1) is 9.95. The van der Waals surface area contributed by atoms with Crippen molar-refractivity contribution >= 4 is 46.3 Å². The number of anilines is 2. The highest BCUT2D eigenvalue weighted by molar-refractivity contribution is 6.32. The molecule has 0 saturated carbocycles. The Labute approximate surface area is 132 Å². The molecule has 0 fully saturated rings. The van der Waals surface area contributed by atoms with E-state index < -0.39 is 0 Å². The maximum atomic E-state index is 6.06. The van der Waals surface area contributed by atoms with Gasteiger partial charge in [0.05, 0.1) is 5.69 Å². The second-order valence-electron chi connectivity index (χ2n) is 4.55. The van der Waals surface area contributed by atoms with E-state index in [1.165, 1.54) is 0 Å². The van der Waals surface area contributed by atoms with Crippen molar-refractivity contribution in [2.24, 2.45) is 10.2 Å². The van der Waals surface area contributed by atoms with Crippen molar-refractivity contribution in [1.82, 2.24) is 9.97 Å². The molecule has 0 unspecified atom stereocenters. The molecule has 2 aromatic rings. The first-order valence-corrected chi connectivity index (χ1v) is 6.98. The smallest absolute Gasteiger partial charge is 0.223 e. The van der Waals surface area contributed by atoms with Crippen LogP contribution in [0.1, 0.15) is 13.8 Å². The van der Waals surface area contributed by atoms with Gasteiger partial charge in [0, 0.05) is 11.1 Å². The molecule has 21 heavy (non-hydrogen) atoms. The van der Waals surface area contributed by atoms with Crippen molar-refractivity contribution in [3.05, 3.63) is 34.4 Å². The highest BCUT2D eigenvalue weighted by Gasteiger charge is 2.12. The minimum absolute atomic E-state index is 0.0774. The maximum absolute atomic E-state index is 6.06. The Morgan fingerprint density at radius 2 is 1.76 bits per heavy atom. The molecule has 0 aliphatic carbocycles. The predicted molar refractivity (Wildman–Crippen MR) is 85.8 cm³/mol. The van der Waals surface area contributed by atoms with Gasteiger partial charge in [-0.2, -0.15) is 15.1 Å². The van der Waals surface area contributed by atoms with Crippen LogP contribution in [0.4, 0.5) is 23.1 Å². The first kappa shape index (κ1) is 15.5. The Morgan fingerprint density at radius 1 is 1.10 bits per heavy atom. The third kappa shape index (κ3) is 4.27. The number of halogens is 2. The molecule has 0 radical (unpaired) electrons. The lowest BCUT2D eigenvalue weighted by Crippen LogP contribution is -2.12. The van der Waals surface area contributed by atoms with Gasteiger partial charge >= 0.3 is 0 Å². The van der Waals surface area contributed by atoms with E-state index in [-0.39, 0.29) is 17.1 Å². The topological polar surface area (TPSA) is 88.5 Å². The van der Waals surface area contributed by atoms with Crippen LogP contribution in [0.25, 0.3) is 0 Å². The number of nitrogens with zero attached hydrogens (tertiary/aromatic N) is 4. The van der Waals surface area contributed by atoms with Crippen LogP contribution in [-0.4, -0.2) is 16.0 Å². The van der Waals surface area contributed by atoms with E-state index in [4.69, 9.17) is 28.9 Å². The summed E-state index contributed by atoms with van der Waals surface area (Å²) in [5.41, 5.74) is 6.58. The first-order valence-electron chi connectivity index (χ1n) is 6.22. The molecule has 1 aromatic carbocycles. The van der Waals surface area contributed by atoms with E-state index in [0.29, 0.717) is 22.2 Å². The summed E-state index contributed by atoms with van der Waals surface area (Å²) in [6.45, 7) is 3.93. The number of nitrogen functional groups attached to an aromatic ring is 1. The molecule has 0 amide bonds. The summed E-state index contributed by atoms with van der Waals surface area (Å²) in [5, 5.41) is 12.1. The molecule has 0 bridgehead atoms. The fraction of sp³-hybridized carbons (Fsp3) is 0.231. The zero-order valence-corrected chi connectivity index (χ0v) is 13.0. The highest BCUT2D eigenvalue weighted by Crippen LogP contribution is 2.33. The van der Waals surface area contributed by atoms with Crippen LogP contribution in [0, 0.1) is 0 Å². The molecule has 0 atom stereocenters. The zero-order valence-electron chi connectivity index (χ0n) is 11.5. The van der Waals surface area contributed by atoms with Crippen molar-refractivity contribution in [3.63, 3.8) is 0 Å². The van der Waals surface area contributed by atoms with Crippen molar-refractivity contribution in [2.75, 3.05) is 11.1 Å².